The monoisotopic (exact) mass is 287 g/mol. The molecule has 1 aromatic carbocycles. The summed E-state index contributed by atoms with van der Waals surface area (Å²) < 4.78 is 0. The standard InChI is InChI=1S/C17H25N3O/c1-11-5-3-6-13(9-11)16(12(2)18)20-8-4-7-14-15(20)10-19-17(14)21/h3,5-6,9,12,14-16H,4,7-8,10,18H2,1-2H3,(H,19,21). The number of hydrogen-bond donors (Lipinski definition) is 2. The minimum absolute atomic E-state index is 0.0428. The van der Waals surface area contributed by atoms with Crippen molar-refractivity contribution in [2.45, 2.75) is 44.8 Å². The van der Waals surface area contributed by atoms with E-state index in [1.807, 2.05) is 0 Å². The van der Waals surface area contributed by atoms with Gasteiger partial charge in [0, 0.05) is 18.6 Å². The molecule has 2 aliphatic rings. The predicted molar refractivity (Wildman–Crippen MR) is 83.8 cm³/mol. The molecule has 0 aromatic heterocycles. The highest BCUT2D eigenvalue weighted by Gasteiger charge is 2.43. The zero-order valence-electron chi connectivity index (χ0n) is 12.9. The molecule has 2 aliphatic heterocycles. The molecular formula is C17H25N3O. The van der Waals surface area contributed by atoms with Gasteiger partial charge in [0.25, 0.3) is 0 Å². The third kappa shape index (κ3) is 2.70. The molecule has 4 nitrogen and oxygen atoms in total. The summed E-state index contributed by atoms with van der Waals surface area (Å²) in [6, 6.07) is 9.12. The van der Waals surface area contributed by atoms with Crippen LogP contribution in [0.5, 0.6) is 0 Å². The van der Waals surface area contributed by atoms with Crippen molar-refractivity contribution in [2.24, 2.45) is 11.7 Å². The number of hydrogen-bond acceptors (Lipinski definition) is 3. The molecule has 0 radical (unpaired) electrons. The van der Waals surface area contributed by atoms with Crippen LogP contribution in [0.4, 0.5) is 0 Å². The Morgan fingerprint density at radius 3 is 2.95 bits per heavy atom. The molecular weight excluding hydrogens is 262 g/mol. The maximum absolute atomic E-state index is 12.0. The summed E-state index contributed by atoms with van der Waals surface area (Å²) in [6.45, 7) is 5.97. The van der Waals surface area contributed by atoms with Crippen molar-refractivity contribution in [3.63, 3.8) is 0 Å². The van der Waals surface area contributed by atoms with E-state index >= 15 is 0 Å². The van der Waals surface area contributed by atoms with Gasteiger partial charge in [-0.25, -0.2) is 0 Å². The Kier molecular flexibility index (Phi) is 4.00. The topological polar surface area (TPSA) is 58.4 Å². The Hall–Kier alpha value is -1.39. The van der Waals surface area contributed by atoms with Gasteiger partial charge >= 0.3 is 0 Å². The molecule has 2 saturated heterocycles. The van der Waals surface area contributed by atoms with Gasteiger partial charge < -0.3 is 11.1 Å². The van der Waals surface area contributed by atoms with Crippen molar-refractivity contribution < 1.29 is 4.79 Å². The summed E-state index contributed by atoms with van der Waals surface area (Å²) in [6.07, 6.45) is 2.08. The molecule has 1 aromatic rings. The summed E-state index contributed by atoms with van der Waals surface area (Å²) in [5.41, 5.74) is 8.85. The average molecular weight is 287 g/mol. The average Bonchev–Trinajstić information content (AvgIpc) is 2.82. The minimum Gasteiger partial charge on any atom is -0.354 e. The second-order valence-electron chi connectivity index (χ2n) is 6.52. The van der Waals surface area contributed by atoms with Crippen molar-refractivity contribution in [3.8, 4) is 0 Å². The quantitative estimate of drug-likeness (QED) is 0.887. The number of nitrogens with two attached hydrogens (primary N) is 1. The van der Waals surface area contributed by atoms with Gasteiger partial charge in [-0.05, 0) is 38.8 Å². The number of aryl methyl sites for hydroxylation is 1. The summed E-state index contributed by atoms with van der Waals surface area (Å²) in [5, 5.41) is 3.03. The third-order valence-electron chi connectivity index (χ3n) is 4.88. The fourth-order valence-electron chi connectivity index (χ4n) is 3.98. The Balaban J connectivity index is 1.92. The first-order valence-corrected chi connectivity index (χ1v) is 7.93. The summed E-state index contributed by atoms with van der Waals surface area (Å²) >= 11 is 0. The van der Waals surface area contributed by atoms with E-state index in [2.05, 4.69) is 48.3 Å². The lowest BCUT2D eigenvalue weighted by Gasteiger charge is -2.43. The van der Waals surface area contributed by atoms with Crippen LogP contribution in [0.15, 0.2) is 24.3 Å². The number of nitrogens with one attached hydrogen (secondary N) is 1. The predicted octanol–water partition coefficient (Wildman–Crippen LogP) is 1.59. The van der Waals surface area contributed by atoms with E-state index in [-0.39, 0.29) is 23.9 Å². The summed E-state index contributed by atoms with van der Waals surface area (Å²) in [4.78, 5) is 14.4. The van der Waals surface area contributed by atoms with Crippen molar-refractivity contribution >= 4 is 5.91 Å². The molecule has 0 saturated carbocycles. The Labute approximate surface area is 126 Å². The molecule has 2 heterocycles. The van der Waals surface area contributed by atoms with Crippen LogP contribution in [0.3, 0.4) is 0 Å². The van der Waals surface area contributed by atoms with Crippen LogP contribution in [0.25, 0.3) is 0 Å². The second kappa shape index (κ2) is 5.78. The Morgan fingerprint density at radius 1 is 1.43 bits per heavy atom. The van der Waals surface area contributed by atoms with Crippen molar-refractivity contribution in [1.82, 2.24) is 10.2 Å². The van der Waals surface area contributed by atoms with E-state index in [1.165, 1.54) is 11.1 Å². The largest absolute Gasteiger partial charge is 0.354 e. The molecule has 0 aliphatic carbocycles. The third-order valence-corrected chi connectivity index (χ3v) is 4.88. The minimum atomic E-state index is 0.0428. The first-order valence-electron chi connectivity index (χ1n) is 7.93. The number of rotatable bonds is 3. The van der Waals surface area contributed by atoms with Crippen LogP contribution >= 0.6 is 0 Å². The number of nitrogens with zero attached hydrogens (tertiary/aromatic N) is 1. The van der Waals surface area contributed by atoms with Crippen LogP contribution in [0.2, 0.25) is 0 Å². The van der Waals surface area contributed by atoms with Crippen molar-refractivity contribution in [3.05, 3.63) is 35.4 Å². The van der Waals surface area contributed by atoms with Gasteiger partial charge in [-0.15, -0.1) is 0 Å². The lowest BCUT2D eigenvalue weighted by molar-refractivity contribution is -0.124. The molecule has 3 N–H and O–H groups in total. The molecule has 2 fully saturated rings. The first-order chi connectivity index (χ1) is 10.1. The molecule has 21 heavy (non-hydrogen) atoms. The fourth-order valence-corrected chi connectivity index (χ4v) is 3.98. The van der Waals surface area contributed by atoms with Gasteiger partial charge in [-0.1, -0.05) is 29.8 Å². The smallest absolute Gasteiger partial charge is 0.224 e. The normalized spacial score (nSPS) is 28.8. The van der Waals surface area contributed by atoms with Gasteiger partial charge in [0.1, 0.15) is 0 Å². The number of carbonyl (C=O) groups is 1. The number of amides is 1. The lowest BCUT2D eigenvalue weighted by atomic mass is 9.87. The van der Waals surface area contributed by atoms with Crippen molar-refractivity contribution in [2.75, 3.05) is 13.1 Å². The van der Waals surface area contributed by atoms with Gasteiger partial charge in [0.2, 0.25) is 5.91 Å². The van der Waals surface area contributed by atoms with Crippen LogP contribution in [0, 0.1) is 12.8 Å². The number of fused-ring (bicyclic) bond motifs is 1. The lowest BCUT2D eigenvalue weighted by Crippen LogP contribution is -2.51. The molecule has 4 heteroatoms. The van der Waals surface area contributed by atoms with Gasteiger partial charge in [-0.2, -0.15) is 0 Å². The van der Waals surface area contributed by atoms with E-state index in [9.17, 15) is 4.79 Å². The fraction of sp³-hybridized carbons (Fsp3) is 0.588. The molecule has 114 valence electrons. The highest BCUT2D eigenvalue weighted by molar-refractivity contribution is 5.82. The number of benzene rings is 1. The highest BCUT2D eigenvalue weighted by atomic mass is 16.2. The van der Waals surface area contributed by atoms with Crippen LogP contribution in [-0.4, -0.2) is 36.0 Å². The maximum Gasteiger partial charge on any atom is 0.224 e. The van der Waals surface area contributed by atoms with Gasteiger partial charge in [0.05, 0.1) is 12.0 Å². The van der Waals surface area contributed by atoms with Crippen LogP contribution < -0.4 is 11.1 Å². The highest BCUT2D eigenvalue weighted by Crippen LogP contribution is 2.35. The molecule has 0 spiro atoms. The SMILES string of the molecule is Cc1cccc(C(C(C)N)N2CCCC3C(=O)NCC32)c1. The van der Waals surface area contributed by atoms with E-state index in [0.717, 1.165) is 25.9 Å². The zero-order chi connectivity index (χ0) is 15.0. The summed E-state index contributed by atoms with van der Waals surface area (Å²) in [7, 11) is 0. The van der Waals surface area contributed by atoms with Gasteiger partial charge in [0.15, 0.2) is 0 Å². The molecule has 3 rings (SSSR count). The zero-order valence-corrected chi connectivity index (χ0v) is 12.9. The molecule has 4 atom stereocenters. The van der Waals surface area contributed by atoms with E-state index < -0.39 is 0 Å². The second-order valence-corrected chi connectivity index (χ2v) is 6.52. The number of likely N-dealkylation sites (tertiary alicyclic amines) is 1. The maximum atomic E-state index is 12.0. The van der Waals surface area contributed by atoms with E-state index in [0.29, 0.717) is 6.04 Å². The van der Waals surface area contributed by atoms with Crippen molar-refractivity contribution in [1.29, 1.82) is 0 Å². The molecule has 0 bridgehead atoms. The Morgan fingerprint density at radius 2 is 2.24 bits per heavy atom. The van der Waals surface area contributed by atoms with Crippen LogP contribution in [0.1, 0.15) is 36.9 Å². The molecule has 1 amide bonds. The summed E-state index contributed by atoms with van der Waals surface area (Å²) in [5.74, 6) is 0.363. The van der Waals surface area contributed by atoms with E-state index in [4.69, 9.17) is 5.73 Å². The Bertz CT molecular complexity index is 529. The van der Waals surface area contributed by atoms with Crippen LogP contribution in [-0.2, 0) is 4.79 Å². The van der Waals surface area contributed by atoms with E-state index in [1.54, 1.807) is 0 Å². The van der Waals surface area contributed by atoms with Gasteiger partial charge in [-0.3, -0.25) is 9.69 Å². The number of carbonyl (C=O) groups excluding carboxylic acids is 1. The first kappa shape index (κ1) is 14.5. The molecule has 4 unspecified atom stereocenters. The number of piperidine rings is 1.